The Morgan fingerprint density at radius 1 is 0.846 bits per heavy atom. The van der Waals surface area contributed by atoms with Crippen LogP contribution in [0, 0.1) is 0 Å². The molecule has 0 unspecified atom stereocenters. The number of hydrogen-bond donors (Lipinski definition) is 3. The van der Waals surface area contributed by atoms with Crippen molar-refractivity contribution in [1.82, 2.24) is 15.3 Å². The fraction of sp³-hybridized carbons (Fsp3) is 0.393. The average Bonchev–Trinajstić information content (AvgIpc) is 2.91. The lowest BCUT2D eigenvalue weighted by Gasteiger charge is -2.35. The van der Waals surface area contributed by atoms with E-state index in [9.17, 15) is 4.79 Å². The zero-order valence-corrected chi connectivity index (χ0v) is 25.1. The number of amides is 1. The molecule has 2 aromatic carbocycles. The van der Waals surface area contributed by atoms with Crippen molar-refractivity contribution in [2.75, 3.05) is 58.9 Å². The van der Waals surface area contributed by atoms with Crippen LogP contribution in [-0.2, 0) is 12.8 Å². The predicted molar refractivity (Wildman–Crippen MR) is 152 cm³/mol. The molecule has 0 radical (unpaired) electrons. The molecule has 0 bridgehead atoms. The van der Waals surface area contributed by atoms with Gasteiger partial charge >= 0.3 is 0 Å². The highest BCUT2D eigenvalue weighted by molar-refractivity contribution is 6.31. The molecule has 0 fully saturated rings. The molecule has 0 saturated carbocycles. The molecule has 212 valence electrons. The number of rotatable bonds is 14. The van der Waals surface area contributed by atoms with Crippen LogP contribution in [0.2, 0.25) is 5.15 Å². The lowest BCUT2D eigenvalue weighted by molar-refractivity contribution is -0.908. The third-order valence-corrected chi connectivity index (χ3v) is 6.98. The Bertz CT molecular complexity index is 1140. The number of aromatic nitrogens is 2. The number of aryl methyl sites for hydroxylation is 2. The monoisotopic (exact) mass is 620 g/mol. The van der Waals surface area contributed by atoms with Crippen LogP contribution >= 0.6 is 11.6 Å². The summed E-state index contributed by atoms with van der Waals surface area (Å²) in [5.41, 5.74) is 14.0. The summed E-state index contributed by atoms with van der Waals surface area (Å²) in [4.78, 5) is 20.6. The number of nitrogen functional groups attached to an aromatic ring is 2. The number of ether oxygens (including phenoxy) is 2. The van der Waals surface area contributed by atoms with Crippen molar-refractivity contribution in [3.63, 3.8) is 0 Å². The highest BCUT2D eigenvalue weighted by atomic mass is 79.9. The standard InChI is InChI=1S/C28H37ClN6O3.BrH/c1-35(17-4-6-20-8-12-22(37-2)13-9-20,18-5-7-21-10-14-23(38-3)15-11-21)19-16-32-28(36)24-26(30)34-27(31)25(29)33-24;/h8-15H,4-7,16-19H2,1-3H3,(H4-,30,31,32,34,36);1H. The first-order valence-electron chi connectivity index (χ1n) is 12.7. The maximum atomic E-state index is 12.7. The normalized spacial score (nSPS) is 11.0. The number of carbonyl (C=O) groups excluding carboxylic acids is 1. The van der Waals surface area contributed by atoms with Crippen molar-refractivity contribution >= 4 is 29.1 Å². The second kappa shape index (κ2) is 15.5. The number of anilines is 2. The lowest BCUT2D eigenvalue weighted by atomic mass is 10.1. The van der Waals surface area contributed by atoms with Gasteiger partial charge in [-0.15, -0.1) is 0 Å². The third kappa shape index (κ3) is 9.87. The van der Waals surface area contributed by atoms with Crippen LogP contribution in [0.3, 0.4) is 0 Å². The molecule has 1 amide bonds. The van der Waals surface area contributed by atoms with E-state index in [0.717, 1.165) is 61.3 Å². The number of quaternary nitrogens is 1. The van der Waals surface area contributed by atoms with E-state index in [0.29, 0.717) is 6.54 Å². The smallest absolute Gasteiger partial charge is 0.273 e. The van der Waals surface area contributed by atoms with Crippen LogP contribution in [0.4, 0.5) is 11.6 Å². The number of benzene rings is 2. The SMILES string of the molecule is COc1ccc(CCC[N+](C)(CCCc2ccc(OC)cc2)CCNC(=O)c2nc(Cl)c(N)nc2N)cc1.[Br-]. The Kier molecular flexibility index (Phi) is 12.8. The van der Waals surface area contributed by atoms with E-state index in [2.05, 4.69) is 46.6 Å². The molecule has 9 nitrogen and oxygen atoms in total. The van der Waals surface area contributed by atoms with Gasteiger partial charge in [0.05, 0.1) is 47.4 Å². The second-order valence-corrected chi connectivity index (χ2v) is 9.94. The van der Waals surface area contributed by atoms with E-state index in [1.165, 1.54) is 11.1 Å². The molecule has 0 saturated heterocycles. The zero-order valence-electron chi connectivity index (χ0n) is 22.8. The molecule has 0 spiro atoms. The molecule has 11 heteroatoms. The van der Waals surface area contributed by atoms with Gasteiger partial charge in [-0.05, 0) is 48.2 Å². The largest absolute Gasteiger partial charge is 1.00 e. The fourth-order valence-electron chi connectivity index (χ4n) is 4.38. The molecule has 0 aliphatic rings. The van der Waals surface area contributed by atoms with Crippen LogP contribution in [-0.4, -0.2) is 67.8 Å². The molecule has 3 rings (SSSR count). The Morgan fingerprint density at radius 2 is 1.33 bits per heavy atom. The number of nitrogens with one attached hydrogen (secondary N) is 1. The number of hydrogen-bond acceptors (Lipinski definition) is 7. The van der Waals surface area contributed by atoms with Crippen molar-refractivity contribution in [2.45, 2.75) is 25.7 Å². The van der Waals surface area contributed by atoms with Gasteiger partial charge in [0.25, 0.3) is 5.91 Å². The molecule has 39 heavy (non-hydrogen) atoms. The van der Waals surface area contributed by atoms with E-state index in [4.69, 9.17) is 32.5 Å². The molecule has 5 N–H and O–H groups in total. The van der Waals surface area contributed by atoms with Crippen LogP contribution < -0.4 is 43.2 Å². The predicted octanol–water partition coefficient (Wildman–Crippen LogP) is 0.758. The van der Waals surface area contributed by atoms with Gasteiger partial charge in [-0.2, -0.15) is 0 Å². The Balaban J connectivity index is 0.00000533. The van der Waals surface area contributed by atoms with E-state index in [1.54, 1.807) is 14.2 Å². The number of likely N-dealkylation sites (N-methyl/N-ethyl adjacent to an activating group) is 1. The second-order valence-electron chi connectivity index (χ2n) is 9.58. The summed E-state index contributed by atoms with van der Waals surface area (Å²) in [6.45, 7) is 3.16. The molecular formula is C28H38BrClN6O3. The van der Waals surface area contributed by atoms with Crippen LogP contribution in [0.15, 0.2) is 48.5 Å². The minimum absolute atomic E-state index is 0. The minimum Gasteiger partial charge on any atom is -1.00 e. The van der Waals surface area contributed by atoms with E-state index < -0.39 is 5.91 Å². The number of nitrogens with two attached hydrogens (primary N) is 2. The summed E-state index contributed by atoms with van der Waals surface area (Å²) in [7, 11) is 5.58. The van der Waals surface area contributed by atoms with Gasteiger partial charge in [0, 0.05) is 12.8 Å². The van der Waals surface area contributed by atoms with E-state index in [1.807, 2.05) is 24.3 Å². The summed E-state index contributed by atoms with van der Waals surface area (Å²) in [6.07, 6.45) is 3.98. The first-order valence-corrected chi connectivity index (χ1v) is 13.1. The number of nitrogens with zero attached hydrogens (tertiary/aromatic N) is 3. The molecular weight excluding hydrogens is 584 g/mol. The summed E-state index contributed by atoms with van der Waals surface area (Å²) < 4.78 is 11.3. The summed E-state index contributed by atoms with van der Waals surface area (Å²) in [6, 6.07) is 16.4. The van der Waals surface area contributed by atoms with Gasteiger partial charge in [0.15, 0.2) is 22.5 Å². The Morgan fingerprint density at radius 3 is 1.79 bits per heavy atom. The lowest BCUT2D eigenvalue weighted by Crippen LogP contribution is -3.00. The fourth-order valence-corrected chi connectivity index (χ4v) is 4.51. The zero-order chi connectivity index (χ0) is 27.5. The van der Waals surface area contributed by atoms with Crippen molar-refractivity contribution in [3.8, 4) is 11.5 Å². The summed E-state index contributed by atoms with van der Waals surface area (Å²) in [5, 5.41) is 2.88. The first kappa shape index (κ1) is 32.1. The topological polar surface area (TPSA) is 125 Å². The molecule has 0 aliphatic carbocycles. The molecule has 1 heterocycles. The number of halogens is 2. The van der Waals surface area contributed by atoms with Gasteiger partial charge in [0.1, 0.15) is 11.5 Å². The van der Waals surface area contributed by atoms with Crippen molar-refractivity contribution < 1.29 is 35.7 Å². The van der Waals surface area contributed by atoms with Gasteiger partial charge in [-0.25, -0.2) is 9.97 Å². The van der Waals surface area contributed by atoms with E-state index in [-0.39, 0.29) is 39.5 Å². The molecule has 3 aromatic rings. The highest BCUT2D eigenvalue weighted by Gasteiger charge is 2.22. The number of carbonyl (C=O) groups is 1. The van der Waals surface area contributed by atoms with Gasteiger partial charge in [0.2, 0.25) is 0 Å². The van der Waals surface area contributed by atoms with Crippen LogP contribution in [0.1, 0.15) is 34.5 Å². The molecule has 0 aliphatic heterocycles. The third-order valence-electron chi connectivity index (χ3n) is 6.70. The maximum absolute atomic E-state index is 12.7. The van der Waals surface area contributed by atoms with Crippen LogP contribution in [0.5, 0.6) is 11.5 Å². The maximum Gasteiger partial charge on any atom is 0.273 e. The first-order chi connectivity index (χ1) is 18.2. The average molecular weight is 622 g/mol. The number of methoxy groups -OCH3 is 2. The van der Waals surface area contributed by atoms with E-state index >= 15 is 0 Å². The van der Waals surface area contributed by atoms with Crippen molar-refractivity contribution in [1.29, 1.82) is 0 Å². The van der Waals surface area contributed by atoms with Gasteiger partial charge < -0.3 is 47.7 Å². The molecule has 1 aromatic heterocycles. The summed E-state index contributed by atoms with van der Waals surface area (Å²) >= 11 is 5.93. The molecule has 0 atom stereocenters. The Labute approximate surface area is 246 Å². The van der Waals surface area contributed by atoms with Gasteiger partial charge in [-0.3, -0.25) is 4.79 Å². The minimum atomic E-state index is -0.417. The van der Waals surface area contributed by atoms with Crippen molar-refractivity contribution in [2.24, 2.45) is 0 Å². The van der Waals surface area contributed by atoms with Crippen LogP contribution in [0.25, 0.3) is 0 Å². The highest BCUT2D eigenvalue weighted by Crippen LogP contribution is 2.18. The quantitative estimate of drug-likeness (QED) is 0.227. The van der Waals surface area contributed by atoms with Crippen molar-refractivity contribution in [3.05, 3.63) is 70.5 Å². The Hall–Kier alpha value is -3.08. The van der Waals surface area contributed by atoms with Gasteiger partial charge in [-0.1, -0.05) is 35.9 Å². The summed E-state index contributed by atoms with van der Waals surface area (Å²) in [5.74, 6) is 1.26.